The molecule has 0 aliphatic carbocycles. The van der Waals surface area contributed by atoms with Gasteiger partial charge in [0.1, 0.15) is 6.20 Å². The average Bonchev–Trinajstić information content (AvgIpc) is 2.71. The summed E-state index contributed by atoms with van der Waals surface area (Å²) in [4.78, 5) is 19.0. The zero-order chi connectivity index (χ0) is 20.8. The summed E-state index contributed by atoms with van der Waals surface area (Å²) < 4.78 is 0. The molecule has 0 aliphatic heterocycles. The highest BCUT2D eigenvalue weighted by atomic mass is 35.5. The Kier molecular flexibility index (Phi) is 6.82. The molecular formula is C19H17Cl2N5O3. The summed E-state index contributed by atoms with van der Waals surface area (Å²) in [6, 6.07) is 14.0. The number of aliphatic hydroxyl groups is 1. The molecule has 1 atom stereocenters. The van der Waals surface area contributed by atoms with Crippen molar-refractivity contribution in [1.29, 1.82) is 0 Å². The molecule has 0 fully saturated rings. The van der Waals surface area contributed by atoms with E-state index >= 15 is 0 Å². The van der Waals surface area contributed by atoms with Crippen molar-refractivity contribution in [1.82, 2.24) is 9.97 Å². The lowest BCUT2D eigenvalue weighted by atomic mass is 10.1. The zero-order valence-corrected chi connectivity index (χ0v) is 16.6. The van der Waals surface area contributed by atoms with Gasteiger partial charge in [0.15, 0.2) is 0 Å². The van der Waals surface area contributed by atoms with E-state index in [9.17, 15) is 15.2 Å². The van der Waals surface area contributed by atoms with Crippen molar-refractivity contribution < 1.29 is 10.0 Å². The Hall–Kier alpha value is -2.94. The molecule has 0 radical (unpaired) electrons. The number of halogens is 2. The lowest BCUT2D eigenvalue weighted by molar-refractivity contribution is -0.384. The zero-order valence-electron chi connectivity index (χ0n) is 15.0. The van der Waals surface area contributed by atoms with Gasteiger partial charge in [0.2, 0.25) is 11.8 Å². The van der Waals surface area contributed by atoms with Gasteiger partial charge in [-0.15, -0.1) is 0 Å². The Morgan fingerprint density at radius 1 is 1.14 bits per heavy atom. The molecule has 0 saturated carbocycles. The predicted molar refractivity (Wildman–Crippen MR) is 113 cm³/mol. The van der Waals surface area contributed by atoms with Gasteiger partial charge in [-0.2, -0.15) is 4.98 Å². The van der Waals surface area contributed by atoms with Crippen molar-refractivity contribution in [3.63, 3.8) is 0 Å². The smallest absolute Gasteiger partial charge is 0.329 e. The maximum absolute atomic E-state index is 11.3. The molecule has 8 nitrogen and oxygen atoms in total. The van der Waals surface area contributed by atoms with Crippen LogP contribution in [0, 0.1) is 10.1 Å². The molecule has 0 aliphatic rings. The summed E-state index contributed by atoms with van der Waals surface area (Å²) in [7, 11) is 0. The minimum atomic E-state index is -0.586. The lowest BCUT2D eigenvalue weighted by Gasteiger charge is -2.17. The number of benzene rings is 2. The fraction of sp³-hybridized carbons (Fsp3) is 0.158. The van der Waals surface area contributed by atoms with Crippen LogP contribution >= 0.6 is 23.2 Å². The first-order chi connectivity index (χ1) is 14.0. The SMILES string of the molecule is O=[N+]([O-])c1cnc(NC(CO)Cc2ccccc2)nc1Nc1ccc(Cl)c(Cl)c1. The second-order valence-electron chi connectivity index (χ2n) is 6.15. The van der Waals surface area contributed by atoms with Gasteiger partial charge in [0.25, 0.3) is 0 Å². The maximum atomic E-state index is 11.3. The molecule has 10 heteroatoms. The third-order valence-corrected chi connectivity index (χ3v) is 4.77. The summed E-state index contributed by atoms with van der Waals surface area (Å²) in [6.45, 7) is -0.162. The van der Waals surface area contributed by atoms with Gasteiger partial charge >= 0.3 is 5.69 Å². The van der Waals surface area contributed by atoms with Crippen LogP contribution in [0.3, 0.4) is 0 Å². The second-order valence-corrected chi connectivity index (χ2v) is 6.97. The monoisotopic (exact) mass is 433 g/mol. The van der Waals surface area contributed by atoms with Crippen LogP contribution in [0.5, 0.6) is 0 Å². The summed E-state index contributed by atoms with van der Waals surface area (Å²) in [6.07, 6.45) is 1.64. The molecule has 0 saturated heterocycles. The minimum Gasteiger partial charge on any atom is -0.394 e. The molecule has 0 bridgehead atoms. The first kappa shape index (κ1) is 20.8. The molecule has 29 heavy (non-hydrogen) atoms. The number of aromatic nitrogens is 2. The predicted octanol–water partition coefficient (Wildman–Crippen LogP) is 4.45. The standard InChI is InChI=1S/C19H17Cl2N5O3/c20-15-7-6-13(9-16(15)21)23-18-17(26(28)29)10-22-19(25-18)24-14(11-27)8-12-4-2-1-3-5-12/h1-7,9-10,14,27H,8,11H2,(H2,22,23,24,25). The van der Waals surface area contributed by atoms with Gasteiger partial charge in [-0.25, -0.2) is 4.98 Å². The average molecular weight is 434 g/mol. The molecule has 1 heterocycles. The van der Waals surface area contributed by atoms with E-state index in [1.54, 1.807) is 12.1 Å². The van der Waals surface area contributed by atoms with Gasteiger partial charge in [0.05, 0.1) is 27.6 Å². The molecule has 150 valence electrons. The number of nitrogens with one attached hydrogen (secondary N) is 2. The highest BCUT2D eigenvalue weighted by Gasteiger charge is 2.19. The Morgan fingerprint density at radius 2 is 1.90 bits per heavy atom. The van der Waals surface area contributed by atoms with E-state index in [1.807, 2.05) is 30.3 Å². The van der Waals surface area contributed by atoms with Crippen molar-refractivity contribution in [2.45, 2.75) is 12.5 Å². The van der Waals surface area contributed by atoms with Gasteiger partial charge in [0, 0.05) is 5.69 Å². The largest absolute Gasteiger partial charge is 0.394 e. The molecule has 3 N–H and O–H groups in total. The van der Waals surface area contributed by atoms with Crippen LogP contribution in [0.4, 0.5) is 23.1 Å². The van der Waals surface area contributed by atoms with Crippen LogP contribution in [0.25, 0.3) is 0 Å². The van der Waals surface area contributed by atoms with E-state index in [-0.39, 0.29) is 30.1 Å². The molecule has 1 aromatic heterocycles. The van der Waals surface area contributed by atoms with E-state index < -0.39 is 4.92 Å². The van der Waals surface area contributed by atoms with E-state index in [0.717, 1.165) is 11.8 Å². The van der Waals surface area contributed by atoms with Crippen molar-refractivity contribution >= 4 is 46.3 Å². The molecular weight excluding hydrogens is 417 g/mol. The quantitative estimate of drug-likeness (QED) is 0.355. The van der Waals surface area contributed by atoms with E-state index in [4.69, 9.17) is 23.2 Å². The van der Waals surface area contributed by atoms with Crippen LogP contribution in [-0.4, -0.2) is 32.6 Å². The Bertz CT molecular complexity index is 1000. The van der Waals surface area contributed by atoms with E-state index in [0.29, 0.717) is 22.2 Å². The number of nitrogens with zero attached hydrogens (tertiary/aromatic N) is 3. The van der Waals surface area contributed by atoms with Crippen molar-refractivity contribution in [3.8, 4) is 0 Å². The molecule has 0 spiro atoms. The highest BCUT2D eigenvalue weighted by molar-refractivity contribution is 6.42. The molecule has 3 rings (SSSR count). The summed E-state index contributed by atoms with van der Waals surface area (Å²) in [5, 5.41) is 27.6. The third kappa shape index (κ3) is 5.54. The fourth-order valence-electron chi connectivity index (χ4n) is 2.62. The van der Waals surface area contributed by atoms with Crippen LogP contribution in [0.15, 0.2) is 54.7 Å². The minimum absolute atomic E-state index is 0.0118. The normalized spacial score (nSPS) is 11.7. The van der Waals surface area contributed by atoms with Crippen LogP contribution in [0.1, 0.15) is 5.56 Å². The van der Waals surface area contributed by atoms with Crippen molar-refractivity contribution in [2.75, 3.05) is 17.2 Å². The van der Waals surface area contributed by atoms with Crippen molar-refractivity contribution in [3.05, 3.63) is 80.5 Å². The lowest BCUT2D eigenvalue weighted by Crippen LogP contribution is -2.27. The molecule has 2 aromatic carbocycles. The Balaban J connectivity index is 1.83. The number of rotatable bonds is 8. The van der Waals surface area contributed by atoms with E-state index in [2.05, 4.69) is 20.6 Å². The van der Waals surface area contributed by atoms with Crippen LogP contribution < -0.4 is 10.6 Å². The van der Waals surface area contributed by atoms with Gasteiger partial charge < -0.3 is 15.7 Å². The number of nitro groups is 1. The van der Waals surface area contributed by atoms with E-state index in [1.165, 1.54) is 6.07 Å². The summed E-state index contributed by atoms with van der Waals surface area (Å²) >= 11 is 11.9. The van der Waals surface area contributed by atoms with Crippen LogP contribution in [0.2, 0.25) is 10.0 Å². The summed E-state index contributed by atoms with van der Waals surface area (Å²) in [5.41, 5.74) is 1.20. The number of hydrogen-bond donors (Lipinski definition) is 3. The maximum Gasteiger partial charge on any atom is 0.329 e. The molecule has 0 amide bonds. The highest BCUT2D eigenvalue weighted by Crippen LogP contribution is 2.30. The van der Waals surface area contributed by atoms with Gasteiger partial charge in [-0.05, 0) is 30.2 Å². The number of anilines is 3. The second kappa shape index (κ2) is 9.51. The molecule has 3 aromatic rings. The van der Waals surface area contributed by atoms with Gasteiger partial charge in [-0.1, -0.05) is 53.5 Å². The Labute approximate surface area is 176 Å². The first-order valence-electron chi connectivity index (χ1n) is 8.61. The topological polar surface area (TPSA) is 113 Å². The van der Waals surface area contributed by atoms with Crippen molar-refractivity contribution in [2.24, 2.45) is 0 Å². The number of hydrogen-bond acceptors (Lipinski definition) is 7. The summed E-state index contributed by atoms with van der Waals surface area (Å²) in [5.74, 6) is 0.135. The Morgan fingerprint density at radius 3 is 2.55 bits per heavy atom. The third-order valence-electron chi connectivity index (χ3n) is 4.03. The first-order valence-corrected chi connectivity index (χ1v) is 9.36. The van der Waals surface area contributed by atoms with Gasteiger partial charge in [-0.3, -0.25) is 10.1 Å². The van der Waals surface area contributed by atoms with Crippen LogP contribution in [-0.2, 0) is 6.42 Å². The fourth-order valence-corrected chi connectivity index (χ4v) is 2.92. The number of aliphatic hydroxyl groups excluding tert-OH is 1. The molecule has 1 unspecified atom stereocenters.